The number of carbonyl (C=O) groups excluding carboxylic acids is 2. The lowest BCUT2D eigenvalue weighted by atomic mass is 9.94. The summed E-state index contributed by atoms with van der Waals surface area (Å²) in [5.41, 5.74) is 0.310. The van der Waals surface area contributed by atoms with Gasteiger partial charge in [0.15, 0.2) is 0 Å². The monoisotopic (exact) mass is 346 g/mol. The standard InChI is InChI=1S/C19H23FN2O3/c20-15-5-3-14(4-6-15)19(7-8-19)18(24)22-9-1-2-16(22)17(23)21-10-12-25-13-11-21/h3-6,16H,1-2,7-13H2/t16-/m0/s1. The summed E-state index contributed by atoms with van der Waals surface area (Å²) < 4.78 is 18.5. The fourth-order valence-electron chi connectivity index (χ4n) is 4.06. The van der Waals surface area contributed by atoms with Crippen molar-refractivity contribution >= 4 is 11.8 Å². The first-order chi connectivity index (χ1) is 12.1. The molecule has 5 nitrogen and oxygen atoms in total. The molecule has 1 aliphatic carbocycles. The van der Waals surface area contributed by atoms with Crippen LogP contribution in [0.15, 0.2) is 24.3 Å². The molecule has 134 valence electrons. The minimum atomic E-state index is -0.554. The smallest absolute Gasteiger partial charge is 0.245 e. The summed E-state index contributed by atoms with van der Waals surface area (Å²) in [4.78, 5) is 29.7. The number of benzene rings is 1. The Hall–Kier alpha value is -1.95. The van der Waals surface area contributed by atoms with Gasteiger partial charge >= 0.3 is 0 Å². The summed E-state index contributed by atoms with van der Waals surface area (Å²) in [5, 5.41) is 0. The molecular weight excluding hydrogens is 323 g/mol. The van der Waals surface area contributed by atoms with Crippen molar-refractivity contribution < 1.29 is 18.7 Å². The number of hydrogen-bond acceptors (Lipinski definition) is 3. The summed E-state index contributed by atoms with van der Waals surface area (Å²) >= 11 is 0. The zero-order chi connectivity index (χ0) is 17.4. The highest BCUT2D eigenvalue weighted by molar-refractivity contribution is 5.95. The van der Waals surface area contributed by atoms with E-state index in [0.717, 1.165) is 31.2 Å². The Morgan fingerprint density at radius 3 is 2.40 bits per heavy atom. The molecule has 2 aliphatic heterocycles. The Morgan fingerprint density at radius 1 is 1.08 bits per heavy atom. The van der Waals surface area contributed by atoms with E-state index in [1.165, 1.54) is 12.1 Å². The third-order valence-corrected chi connectivity index (χ3v) is 5.68. The Kier molecular flexibility index (Phi) is 4.23. The van der Waals surface area contributed by atoms with Crippen LogP contribution in [0.3, 0.4) is 0 Å². The van der Waals surface area contributed by atoms with Crippen LogP contribution in [-0.4, -0.2) is 60.5 Å². The normalized spacial score (nSPS) is 25.1. The highest BCUT2D eigenvalue weighted by atomic mass is 19.1. The third kappa shape index (κ3) is 2.92. The van der Waals surface area contributed by atoms with Crippen molar-refractivity contribution in [2.24, 2.45) is 0 Å². The number of hydrogen-bond donors (Lipinski definition) is 0. The molecule has 0 unspecified atom stereocenters. The minimum Gasteiger partial charge on any atom is -0.378 e. The molecule has 3 aliphatic rings. The summed E-state index contributed by atoms with van der Waals surface area (Å²) in [6.07, 6.45) is 3.12. The Bertz CT molecular complexity index is 666. The Balaban J connectivity index is 1.52. The van der Waals surface area contributed by atoms with Crippen LogP contribution in [0.25, 0.3) is 0 Å². The summed E-state index contributed by atoms with van der Waals surface area (Å²) in [5.74, 6) is -0.221. The zero-order valence-corrected chi connectivity index (χ0v) is 14.2. The summed E-state index contributed by atoms with van der Waals surface area (Å²) in [7, 11) is 0. The van der Waals surface area contributed by atoms with Crippen molar-refractivity contribution in [3.63, 3.8) is 0 Å². The van der Waals surface area contributed by atoms with E-state index >= 15 is 0 Å². The van der Waals surface area contributed by atoms with Crippen LogP contribution in [0.4, 0.5) is 4.39 Å². The second-order valence-corrected chi connectivity index (χ2v) is 7.18. The fraction of sp³-hybridized carbons (Fsp3) is 0.579. The van der Waals surface area contributed by atoms with Crippen LogP contribution >= 0.6 is 0 Å². The van der Waals surface area contributed by atoms with Crippen LogP contribution in [0.2, 0.25) is 0 Å². The highest BCUT2D eigenvalue weighted by Crippen LogP contribution is 2.50. The maximum absolute atomic E-state index is 13.2. The van der Waals surface area contributed by atoms with Crippen LogP contribution in [-0.2, 0) is 19.7 Å². The number of morpholine rings is 1. The number of ether oxygens (including phenoxy) is 1. The number of halogens is 1. The number of amides is 2. The molecule has 0 spiro atoms. The average Bonchev–Trinajstić information content (AvgIpc) is 3.31. The fourth-order valence-corrected chi connectivity index (χ4v) is 4.06. The molecule has 1 saturated carbocycles. The molecule has 2 heterocycles. The van der Waals surface area contributed by atoms with Crippen molar-refractivity contribution in [3.05, 3.63) is 35.6 Å². The largest absolute Gasteiger partial charge is 0.378 e. The molecule has 6 heteroatoms. The van der Waals surface area contributed by atoms with Gasteiger partial charge in [-0.2, -0.15) is 0 Å². The van der Waals surface area contributed by atoms with E-state index in [9.17, 15) is 14.0 Å². The van der Waals surface area contributed by atoms with Gasteiger partial charge in [0.05, 0.1) is 18.6 Å². The van der Waals surface area contributed by atoms with Gasteiger partial charge in [-0.15, -0.1) is 0 Å². The first-order valence-corrected chi connectivity index (χ1v) is 9.05. The number of carbonyl (C=O) groups is 2. The molecule has 0 bridgehead atoms. The second kappa shape index (κ2) is 6.41. The minimum absolute atomic E-state index is 0.0308. The molecule has 25 heavy (non-hydrogen) atoms. The lowest BCUT2D eigenvalue weighted by Gasteiger charge is -2.34. The van der Waals surface area contributed by atoms with Crippen molar-refractivity contribution in [3.8, 4) is 0 Å². The molecule has 2 saturated heterocycles. The summed E-state index contributed by atoms with van der Waals surface area (Å²) in [6, 6.07) is 5.86. The lowest BCUT2D eigenvalue weighted by Crippen LogP contribution is -2.52. The second-order valence-electron chi connectivity index (χ2n) is 7.18. The van der Waals surface area contributed by atoms with Gasteiger partial charge in [-0.05, 0) is 43.4 Å². The number of rotatable bonds is 3. The van der Waals surface area contributed by atoms with E-state index < -0.39 is 5.41 Å². The third-order valence-electron chi connectivity index (χ3n) is 5.68. The molecular formula is C19H23FN2O3. The SMILES string of the molecule is O=C([C@@H]1CCCN1C(=O)C1(c2ccc(F)cc2)CC1)N1CCOCC1. The Morgan fingerprint density at radius 2 is 1.76 bits per heavy atom. The van der Waals surface area contributed by atoms with E-state index in [2.05, 4.69) is 0 Å². The molecule has 2 amide bonds. The van der Waals surface area contributed by atoms with E-state index in [0.29, 0.717) is 32.8 Å². The van der Waals surface area contributed by atoms with Crippen LogP contribution in [0, 0.1) is 5.82 Å². The van der Waals surface area contributed by atoms with E-state index in [4.69, 9.17) is 4.74 Å². The van der Waals surface area contributed by atoms with Gasteiger partial charge in [0.2, 0.25) is 11.8 Å². The van der Waals surface area contributed by atoms with Crippen LogP contribution in [0.1, 0.15) is 31.2 Å². The first kappa shape index (κ1) is 16.5. The maximum Gasteiger partial charge on any atom is 0.245 e. The molecule has 0 radical (unpaired) electrons. The van der Waals surface area contributed by atoms with Gasteiger partial charge in [0.1, 0.15) is 11.9 Å². The van der Waals surface area contributed by atoms with E-state index in [1.54, 1.807) is 17.0 Å². The molecule has 1 atom stereocenters. The van der Waals surface area contributed by atoms with Crippen molar-refractivity contribution in [1.29, 1.82) is 0 Å². The van der Waals surface area contributed by atoms with E-state index in [-0.39, 0.29) is 23.7 Å². The van der Waals surface area contributed by atoms with Gasteiger partial charge < -0.3 is 14.5 Å². The number of nitrogens with zero attached hydrogens (tertiary/aromatic N) is 2. The average molecular weight is 346 g/mol. The Labute approximate surface area is 146 Å². The maximum atomic E-state index is 13.2. The van der Waals surface area contributed by atoms with Gasteiger partial charge in [0, 0.05) is 19.6 Å². The highest BCUT2D eigenvalue weighted by Gasteiger charge is 2.55. The van der Waals surface area contributed by atoms with Crippen molar-refractivity contribution in [2.45, 2.75) is 37.1 Å². The van der Waals surface area contributed by atoms with E-state index in [1.807, 2.05) is 4.90 Å². The number of likely N-dealkylation sites (tertiary alicyclic amines) is 1. The lowest BCUT2D eigenvalue weighted by molar-refractivity contribution is -0.147. The molecule has 3 fully saturated rings. The van der Waals surface area contributed by atoms with Crippen molar-refractivity contribution in [2.75, 3.05) is 32.8 Å². The molecule has 4 rings (SSSR count). The van der Waals surface area contributed by atoms with Gasteiger partial charge in [-0.25, -0.2) is 4.39 Å². The van der Waals surface area contributed by atoms with Gasteiger partial charge in [-0.3, -0.25) is 9.59 Å². The van der Waals surface area contributed by atoms with Gasteiger partial charge in [-0.1, -0.05) is 12.1 Å². The van der Waals surface area contributed by atoms with Gasteiger partial charge in [0.25, 0.3) is 0 Å². The first-order valence-electron chi connectivity index (χ1n) is 9.05. The topological polar surface area (TPSA) is 49.9 Å². The molecule has 0 N–H and O–H groups in total. The summed E-state index contributed by atoms with van der Waals surface area (Å²) in [6.45, 7) is 2.95. The zero-order valence-electron chi connectivity index (χ0n) is 14.2. The van der Waals surface area contributed by atoms with Crippen LogP contribution < -0.4 is 0 Å². The predicted molar refractivity (Wildman–Crippen MR) is 89.4 cm³/mol. The quantitative estimate of drug-likeness (QED) is 0.837. The molecule has 0 aromatic heterocycles. The predicted octanol–water partition coefficient (Wildman–Crippen LogP) is 1.71. The van der Waals surface area contributed by atoms with Crippen LogP contribution in [0.5, 0.6) is 0 Å². The molecule has 1 aromatic carbocycles. The van der Waals surface area contributed by atoms with Crippen molar-refractivity contribution in [1.82, 2.24) is 9.80 Å². The molecule has 1 aromatic rings.